The van der Waals surface area contributed by atoms with E-state index in [1.54, 1.807) is 12.1 Å². The molecule has 0 aromatic heterocycles. The molecule has 0 saturated carbocycles. The zero-order chi connectivity index (χ0) is 13.1. The summed E-state index contributed by atoms with van der Waals surface area (Å²) in [5, 5.41) is 3.11. The second-order valence-electron chi connectivity index (χ2n) is 3.66. The fraction of sp³-hybridized carbons (Fsp3) is 0. The maximum absolute atomic E-state index is 13.7. The van der Waals surface area contributed by atoms with Gasteiger partial charge in [-0.25, -0.2) is 4.39 Å². The number of nitrogens with one attached hydrogen (secondary N) is 1. The topological polar surface area (TPSA) is 38.0 Å². The predicted octanol–water partition coefficient (Wildman–Crippen LogP) is 3.81. The Bertz CT molecular complexity index is 584. The molecule has 0 aliphatic rings. The Morgan fingerprint density at radius 1 is 1.17 bits per heavy atom. The summed E-state index contributed by atoms with van der Waals surface area (Å²) in [4.78, 5) is 0.0427. The number of hydrogen-bond acceptors (Lipinski definition) is 2. The Morgan fingerprint density at radius 2 is 1.83 bits per heavy atom. The number of rotatable bonds is 3. The zero-order valence-electron chi connectivity index (χ0n) is 9.28. The monoisotopic (exact) mass is 372 g/mol. The van der Waals surface area contributed by atoms with Crippen LogP contribution >= 0.6 is 34.8 Å². The van der Waals surface area contributed by atoms with E-state index in [4.69, 9.17) is 18.0 Å². The largest absolute Gasteiger partial charge is 0.389 e. The van der Waals surface area contributed by atoms with Gasteiger partial charge in [-0.1, -0.05) is 18.3 Å². The van der Waals surface area contributed by atoms with Crippen LogP contribution in [0.25, 0.3) is 0 Å². The minimum absolute atomic E-state index is 0.0427. The fourth-order valence-corrected chi connectivity index (χ4v) is 2.13. The lowest BCUT2D eigenvalue weighted by Crippen LogP contribution is -2.14. The lowest BCUT2D eigenvalue weighted by Gasteiger charge is -2.12. The van der Waals surface area contributed by atoms with Crippen molar-refractivity contribution in [3.8, 4) is 0 Å². The highest BCUT2D eigenvalue weighted by atomic mass is 127. The average Bonchev–Trinajstić information content (AvgIpc) is 2.32. The summed E-state index contributed by atoms with van der Waals surface area (Å²) in [6.45, 7) is 0. The molecule has 2 rings (SSSR count). The van der Waals surface area contributed by atoms with E-state index >= 15 is 0 Å². The number of anilines is 2. The van der Waals surface area contributed by atoms with E-state index in [9.17, 15) is 4.39 Å². The summed E-state index contributed by atoms with van der Waals surface area (Å²) in [5.74, 6) is -0.419. The van der Waals surface area contributed by atoms with E-state index in [1.165, 1.54) is 6.07 Å². The first-order valence-electron chi connectivity index (χ1n) is 5.19. The van der Waals surface area contributed by atoms with Crippen LogP contribution < -0.4 is 11.1 Å². The third-order valence-corrected chi connectivity index (χ3v) is 3.31. The highest BCUT2D eigenvalue weighted by Crippen LogP contribution is 2.23. The van der Waals surface area contributed by atoms with Crippen LogP contribution in [0.4, 0.5) is 15.8 Å². The molecule has 0 aliphatic carbocycles. The zero-order valence-corrected chi connectivity index (χ0v) is 12.3. The van der Waals surface area contributed by atoms with Gasteiger partial charge in [0, 0.05) is 9.26 Å². The molecule has 0 spiro atoms. The third-order valence-electron chi connectivity index (χ3n) is 2.38. The molecule has 2 nitrogen and oxygen atoms in total. The van der Waals surface area contributed by atoms with Gasteiger partial charge in [-0.3, -0.25) is 0 Å². The van der Waals surface area contributed by atoms with Crippen molar-refractivity contribution in [2.45, 2.75) is 0 Å². The van der Waals surface area contributed by atoms with Crippen molar-refractivity contribution in [1.29, 1.82) is 0 Å². The van der Waals surface area contributed by atoms with Crippen molar-refractivity contribution >= 4 is 51.2 Å². The standard InChI is InChI=1S/C13H10FIN2S/c14-10-2-1-3-11(12(10)13(16)18)17-9-6-4-8(15)5-7-9/h1-7,17H,(H2,16,18). The first-order chi connectivity index (χ1) is 8.58. The lowest BCUT2D eigenvalue weighted by atomic mass is 10.1. The molecule has 92 valence electrons. The van der Waals surface area contributed by atoms with E-state index < -0.39 is 5.82 Å². The van der Waals surface area contributed by atoms with Crippen molar-refractivity contribution in [3.05, 3.63) is 57.4 Å². The van der Waals surface area contributed by atoms with Gasteiger partial charge in [0.25, 0.3) is 0 Å². The van der Waals surface area contributed by atoms with Crippen LogP contribution in [-0.2, 0) is 0 Å². The summed E-state index contributed by atoms with van der Waals surface area (Å²) < 4.78 is 14.8. The highest BCUT2D eigenvalue weighted by molar-refractivity contribution is 14.1. The molecule has 2 aromatic rings. The van der Waals surface area contributed by atoms with Gasteiger partial charge < -0.3 is 11.1 Å². The maximum Gasteiger partial charge on any atom is 0.135 e. The van der Waals surface area contributed by atoms with Crippen LogP contribution in [0.5, 0.6) is 0 Å². The Balaban J connectivity index is 2.37. The lowest BCUT2D eigenvalue weighted by molar-refractivity contribution is 0.626. The van der Waals surface area contributed by atoms with Crippen molar-refractivity contribution in [3.63, 3.8) is 0 Å². The molecule has 0 heterocycles. The number of halogens is 2. The van der Waals surface area contributed by atoms with Gasteiger partial charge in [0.15, 0.2) is 0 Å². The number of nitrogens with two attached hydrogens (primary N) is 1. The first-order valence-corrected chi connectivity index (χ1v) is 6.67. The van der Waals surface area contributed by atoms with Crippen molar-refractivity contribution in [2.24, 2.45) is 5.73 Å². The molecule has 3 N–H and O–H groups in total. The van der Waals surface area contributed by atoms with Gasteiger partial charge in [0.2, 0.25) is 0 Å². The van der Waals surface area contributed by atoms with Crippen LogP contribution in [0.2, 0.25) is 0 Å². The van der Waals surface area contributed by atoms with E-state index in [0.29, 0.717) is 5.69 Å². The van der Waals surface area contributed by atoms with E-state index in [2.05, 4.69) is 27.9 Å². The number of thiocarbonyl (C=S) groups is 1. The minimum Gasteiger partial charge on any atom is -0.389 e. The van der Waals surface area contributed by atoms with Crippen LogP contribution in [0.1, 0.15) is 5.56 Å². The smallest absolute Gasteiger partial charge is 0.135 e. The summed E-state index contributed by atoms with van der Waals surface area (Å²) in [6, 6.07) is 12.5. The van der Waals surface area contributed by atoms with Gasteiger partial charge in [-0.05, 0) is 59.0 Å². The SMILES string of the molecule is NC(=S)c1c(F)cccc1Nc1ccc(I)cc1. The third kappa shape index (κ3) is 2.97. The normalized spacial score (nSPS) is 10.1. The average molecular weight is 372 g/mol. The van der Waals surface area contributed by atoms with Crippen molar-refractivity contribution < 1.29 is 4.39 Å². The Kier molecular flexibility index (Phi) is 4.13. The first kappa shape index (κ1) is 13.2. The predicted molar refractivity (Wildman–Crippen MR) is 84.7 cm³/mol. The molecular weight excluding hydrogens is 362 g/mol. The van der Waals surface area contributed by atoms with E-state index in [1.807, 2.05) is 24.3 Å². The Morgan fingerprint density at radius 3 is 2.44 bits per heavy atom. The summed E-state index contributed by atoms with van der Waals surface area (Å²) in [7, 11) is 0. The maximum atomic E-state index is 13.7. The Hall–Kier alpha value is -1.21. The van der Waals surface area contributed by atoms with Crippen LogP contribution in [-0.4, -0.2) is 4.99 Å². The quantitative estimate of drug-likeness (QED) is 0.636. The second kappa shape index (κ2) is 5.62. The van der Waals surface area contributed by atoms with E-state index in [0.717, 1.165) is 9.26 Å². The highest BCUT2D eigenvalue weighted by Gasteiger charge is 2.10. The molecule has 0 fully saturated rings. The van der Waals surface area contributed by atoms with Gasteiger partial charge in [0.1, 0.15) is 10.8 Å². The Labute approximate surface area is 124 Å². The number of benzene rings is 2. The molecule has 0 amide bonds. The summed E-state index contributed by atoms with van der Waals surface area (Å²) in [5.41, 5.74) is 7.22. The molecule has 0 saturated heterocycles. The molecule has 2 aromatic carbocycles. The van der Waals surface area contributed by atoms with Crippen molar-refractivity contribution in [1.82, 2.24) is 0 Å². The minimum atomic E-state index is -0.419. The fourth-order valence-electron chi connectivity index (χ4n) is 1.57. The molecule has 18 heavy (non-hydrogen) atoms. The molecule has 0 radical (unpaired) electrons. The second-order valence-corrected chi connectivity index (χ2v) is 5.34. The molecule has 0 atom stereocenters. The van der Waals surface area contributed by atoms with Crippen molar-refractivity contribution in [2.75, 3.05) is 5.32 Å². The van der Waals surface area contributed by atoms with Crippen LogP contribution in [0, 0.1) is 9.39 Å². The van der Waals surface area contributed by atoms with Gasteiger partial charge in [-0.15, -0.1) is 0 Å². The van der Waals surface area contributed by atoms with Gasteiger partial charge >= 0.3 is 0 Å². The van der Waals surface area contributed by atoms with Crippen LogP contribution in [0.15, 0.2) is 42.5 Å². The van der Waals surface area contributed by atoms with Gasteiger partial charge in [0.05, 0.1) is 11.3 Å². The molecule has 0 unspecified atom stereocenters. The summed E-state index contributed by atoms with van der Waals surface area (Å²) >= 11 is 7.09. The molecular formula is C13H10FIN2S. The summed E-state index contributed by atoms with van der Waals surface area (Å²) in [6.07, 6.45) is 0. The van der Waals surface area contributed by atoms with Crippen LogP contribution in [0.3, 0.4) is 0 Å². The molecule has 5 heteroatoms. The number of hydrogen-bond donors (Lipinski definition) is 2. The van der Waals surface area contributed by atoms with E-state index in [-0.39, 0.29) is 10.6 Å². The van der Waals surface area contributed by atoms with Gasteiger partial charge in [-0.2, -0.15) is 0 Å². The molecule has 0 aliphatic heterocycles. The molecule has 0 bridgehead atoms.